The summed E-state index contributed by atoms with van der Waals surface area (Å²) in [6.07, 6.45) is 0. The number of hydrogen-bond donors (Lipinski definition) is 2. The topological polar surface area (TPSA) is 41.1 Å². The lowest BCUT2D eigenvalue weighted by molar-refractivity contribution is -0.128. The predicted octanol–water partition coefficient (Wildman–Crippen LogP) is 0.368. The molecule has 0 saturated heterocycles. The summed E-state index contributed by atoms with van der Waals surface area (Å²) in [4.78, 5) is 11.3. The molecule has 0 saturated carbocycles. The second-order valence-corrected chi connectivity index (χ2v) is 3.27. The van der Waals surface area contributed by atoms with Crippen molar-refractivity contribution < 1.29 is 4.79 Å². The Kier molecular flexibility index (Phi) is 4.11. The fourth-order valence-corrected chi connectivity index (χ4v) is 0.922. The first-order chi connectivity index (χ1) is 5.04. The summed E-state index contributed by atoms with van der Waals surface area (Å²) in [6, 6.07) is 0. The minimum atomic E-state index is -0.301. The van der Waals surface area contributed by atoms with Crippen LogP contribution in [0.4, 0.5) is 0 Å². The van der Waals surface area contributed by atoms with E-state index >= 15 is 0 Å². The van der Waals surface area contributed by atoms with Gasteiger partial charge in [0.2, 0.25) is 5.91 Å². The van der Waals surface area contributed by atoms with Crippen LogP contribution >= 0.6 is 0 Å². The molecule has 0 bridgehead atoms. The number of amides is 1. The molecule has 3 nitrogen and oxygen atoms in total. The highest BCUT2D eigenvalue weighted by Crippen LogP contribution is 2.12. The summed E-state index contributed by atoms with van der Waals surface area (Å²) in [6.45, 7) is 7.18. The van der Waals surface area contributed by atoms with Crippen molar-refractivity contribution in [3.8, 4) is 0 Å². The number of nitrogens with one attached hydrogen (secondary N) is 2. The van der Waals surface area contributed by atoms with Crippen molar-refractivity contribution in [2.24, 2.45) is 5.41 Å². The Bertz CT molecular complexity index is 132. The van der Waals surface area contributed by atoms with Gasteiger partial charge in [-0.15, -0.1) is 0 Å². The van der Waals surface area contributed by atoms with E-state index in [0.29, 0.717) is 13.1 Å². The van der Waals surface area contributed by atoms with E-state index in [9.17, 15) is 4.79 Å². The number of carbonyl (C=O) groups excluding carboxylic acids is 1. The van der Waals surface area contributed by atoms with Gasteiger partial charge in [-0.05, 0) is 27.8 Å². The van der Waals surface area contributed by atoms with Gasteiger partial charge in [-0.3, -0.25) is 4.79 Å². The fraction of sp³-hybridized carbons (Fsp3) is 0.875. The van der Waals surface area contributed by atoms with E-state index in [4.69, 9.17) is 0 Å². The minimum Gasteiger partial charge on any atom is -0.356 e. The summed E-state index contributed by atoms with van der Waals surface area (Å²) in [7, 11) is 1.85. The molecule has 0 heterocycles. The second-order valence-electron chi connectivity index (χ2n) is 3.27. The Morgan fingerprint density at radius 2 is 2.00 bits per heavy atom. The van der Waals surface area contributed by atoms with Crippen LogP contribution in [-0.4, -0.2) is 26.0 Å². The summed E-state index contributed by atoms with van der Waals surface area (Å²) < 4.78 is 0. The molecule has 2 N–H and O–H groups in total. The van der Waals surface area contributed by atoms with Crippen LogP contribution in [0.2, 0.25) is 0 Å². The van der Waals surface area contributed by atoms with Gasteiger partial charge in [-0.25, -0.2) is 0 Å². The molecular weight excluding hydrogens is 140 g/mol. The first-order valence-electron chi connectivity index (χ1n) is 3.97. The Morgan fingerprint density at radius 1 is 1.45 bits per heavy atom. The van der Waals surface area contributed by atoms with E-state index in [1.54, 1.807) is 0 Å². The van der Waals surface area contributed by atoms with Crippen molar-refractivity contribution in [1.29, 1.82) is 0 Å². The SMILES string of the molecule is CCNC(=O)C(C)(C)CNC. The van der Waals surface area contributed by atoms with E-state index in [1.807, 2.05) is 27.8 Å². The molecule has 11 heavy (non-hydrogen) atoms. The Balaban J connectivity index is 3.94. The Morgan fingerprint density at radius 3 is 2.36 bits per heavy atom. The maximum Gasteiger partial charge on any atom is 0.226 e. The summed E-state index contributed by atoms with van der Waals surface area (Å²) in [5.74, 6) is 0.106. The van der Waals surface area contributed by atoms with Crippen LogP contribution < -0.4 is 10.6 Å². The van der Waals surface area contributed by atoms with Crippen LogP contribution in [0.25, 0.3) is 0 Å². The highest BCUT2D eigenvalue weighted by atomic mass is 16.2. The standard InChI is InChI=1S/C8H18N2O/c1-5-10-7(11)8(2,3)6-9-4/h9H,5-6H2,1-4H3,(H,10,11). The Labute approximate surface area is 68.6 Å². The molecule has 3 heteroatoms. The first kappa shape index (κ1) is 10.4. The summed E-state index contributed by atoms with van der Waals surface area (Å²) >= 11 is 0. The van der Waals surface area contributed by atoms with Crippen molar-refractivity contribution in [2.45, 2.75) is 20.8 Å². The maximum atomic E-state index is 11.3. The van der Waals surface area contributed by atoms with E-state index in [2.05, 4.69) is 10.6 Å². The average Bonchev–Trinajstić information content (AvgIpc) is 1.88. The third-order valence-electron chi connectivity index (χ3n) is 1.57. The van der Waals surface area contributed by atoms with Gasteiger partial charge in [0.1, 0.15) is 0 Å². The monoisotopic (exact) mass is 158 g/mol. The van der Waals surface area contributed by atoms with Gasteiger partial charge in [-0.2, -0.15) is 0 Å². The lowest BCUT2D eigenvalue weighted by atomic mass is 9.92. The van der Waals surface area contributed by atoms with Crippen LogP contribution in [0.5, 0.6) is 0 Å². The van der Waals surface area contributed by atoms with E-state index in [1.165, 1.54) is 0 Å². The van der Waals surface area contributed by atoms with Crippen molar-refractivity contribution in [3.63, 3.8) is 0 Å². The van der Waals surface area contributed by atoms with E-state index < -0.39 is 0 Å². The molecule has 0 radical (unpaired) electrons. The van der Waals surface area contributed by atoms with Gasteiger partial charge in [0.05, 0.1) is 5.41 Å². The van der Waals surface area contributed by atoms with E-state index in [0.717, 1.165) is 0 Å². The molecule has 0 aromatic carbocycles. The Hall–Kier alpha value is -0.570. The fourth-order valence-electron chi connectivity index (χ4n) is 0.922. The molecular formula is C8H18N2O. The molecule has 0 aliphatic heterocycles. The molecule has 0 aliphatic rings. The van der Waals surface area contributed by atoms with Gasteiger partial charge < -0.3 is 10.6 Å². The molecule has 0 rings (SSSR count). The molecule has 0 fully saturated rings. The van der Waals surface area contributed by atoms with Gasteiger partial charge in [0, 0.05) is 13.1 Å². The average molecular weight is 158 g/mol. The quantitative estimate of drug-likeness (QED) is 0.620. The molecule has 0 aromatic heterocycles. The molecule has 66 valence electrons. The molecule has 0 spiro atoms. The minimum absolute atomic E-state index is 0.106. The third-order valence-corrected chi connectivity index (χ3v) is 1.57. The van der Waals surface area contributed by atoms with Gasteiger partial charge in [-0.1, -0.05) is 0 Å². The van der Waals surface area contributed by atoms with Crippen molar-refractivity contribution in [2.75, 3.05) is 20.1 Å². The lowest BCUT2D eigenvalue weighted by Crippen LogP contribution is -2.42. The smallest absolute Gasteiger partial charge is 0.226 e. The maximum absolute atomic E-state index is 11.3. The molecule has 0 unspecified atom stereocenters. The van der Waals surface area contributed by atoms with Crippen LogP contribution in [0, 0.1) is 5.41 Å². The highest BCUT2D eigenvalue weighted by molar-refractivity contribution is 5.81. The van der Waals surface area contributed by atoms with Gasteiger partial charge >= 0.3 is 0 Å². The van der Waals surface area contributed by atoms with E-state index in [-0.39, 0.29) is 11.3 Å². The number of carbonyl (C=O) groups is 1. The van der Waals surface area contributed by atoms with Crippen LogP contribution in [0.1, 0.15) is 20.8 Å². The molecule has 1 amide bonds. The third kappa shape index (κ3) is 3.37. The number of rotatable bonds is 4. The van der Waals surface area contributed by atoms with Crippen molar-refractivity contribution in [1.82, 2.24) is 10.6 Å². The predicted molar refractivity (Wildman–Crippen MR) is 46.4 cm³/mol. The zero-order valence-electron chi connectivity index (χ0n) is 7.82. The molecule has 0 atom stereocenters. The van der Waals surface area contributed by atoms with Crippen LogP contribution in [0.15, 0.2) is 0 Å². The highest BCUT2D eigenvalue weighted by Gasteiger charge is 2.25. The summed E-state index contributed by atoms with van der Waals surface area (Å²) in [5, 5.41) is 5.78. The number of hydrogen-bond acceptors (Lipinski definition) is 2. The molecule has 0 aromatic rings. The molecule has 0 aliphatic carbocycles. The van der Waals surface area contributed by atoms with Crippen LogP contribution in [-0.2, 0) is 4.79 Å². The lowest BCUT2D eigenvalue weighted by Gasteiger charge is -2.22. The zero-order valence-corrected chi connectivity index (χ0v) is 7.82. The van der Waals surface area contributed by atoms with Crippen molar-refractivity contribution >= 4 is 5.91 Å². The van der Waals surface area contributed by atoms with Crippen LogP contribution in [0.3, 0.4) is 0 Å². The summed E-state index contributed by atoms with van der Waals surface area (Å²) in [5.41, 5.74) is -0.301. The zero-order chi connectivity index (χ0) is 8.91. The first-order valence-corrected chi connectivity index (χ1v) is 3.97. The second kappa shape index (κ2) is 4.34. The normalized spacial score (nSPS) is 11.3. The van der Waals surface area contributed by atoms with Gasteiger partial charge in [0.25, 0.3) is 0 Å². The largest absolute Gasteiger partial charge is 0.356 e. The van der Waals surface area contributed by atoms with Gasteiger partial charge in [0.15, 0.2) is 0 Å². The van der Waals surface area contributed by atoms with Crippen molar-refractivity contribution in [3.05, 3.63) is 0 Å².